The van der Waals surface area contributed by atoms with E-state index < -0.39 is 11.9 Å². The van der Waals surface area contributed by atoms with E-state index in [2.05, 4.69) is 4.98 Å². The van der Waals surface area contributed by atoms with Gasteiger partial charge in [-0.1, -0.05) is 34.8 Å². The van der Waals surface area contributed by atoms with Crippen LogP contribution in [0, 0.1) is 0 Å². The summed E-state index contributed by atoms with van der Waals surface area (Å²) < 4.78 is 10.4. The number of benzene rings is 2. The molecule has 0 radical (unpaired) electrons. The van der Waals surface area contributed by atoms with Crippen LogP contribution in [0.15, 0.2) is 60.8 Å². The molecule has 0 N–H and O–H groups in total. The number of rotatable bonds is 4. The van der Waals surface area contributed by atoms with Crippen molar-refractivity contribution in [2.45, 2.75) is 0 Å². The van der Waals surface area contributed by atoms with Crippen molar-refractivity contribution in [1.82, 2.24) is 4.98 Å². The highest BCUT2D eigenvalue weighted by Gasteiger charge is 2.15. The van der Waals surface area contributed by atoms with Crippen LogP contribution >= 0.6 is 34.8 Å². The Balaban J connectivity index is 1.75. The standard InChI is InChI=1S/C19H10Cl3NO4/c20-13-5-1-11(2-6-13)18(24)26-16-9-17(23-10-15(16)22)27-19(25)12-3-7-14(21)8-4-12/h1-10H. The van der Waals surface area contributed by atoms with Gasteiger partial charge in [-0.05, 0) is 48.5 Å². The molecular weight excluding hydrogens is 413 g/mol. The van der Waals surface area contributed by atoms with Gasteiger partial charge in [0.05, 0.1) is 17.3 Å². The SMILES string of the molecule is O=C(Oc1cc(OC(=O)c2ccc(Cl)cc2)c(Cl)cn1)c1ccc(Cl)cc1. The summed E-state index contributed by atoms with van der Waals surface area (Å²) in [5, 5.41) is 1.07. The number of halogens is 3. The number of carbonyl (C=O) groups is 2. The fraction of sp³-hybridized carbons (Fsp3) is 0. The average Bonchev–Trinajstić information content (AvgIpc) is 2.65. The van der Waals surface area contributed by atoms with Crippen LogP contribution in [0.3, 0.4) is 0 Å². The van der Waals surface area contributed by atoms with Crippen LogP contribution < -0.4 is 9.47 Å². The van der Waals surface area contributed by atoms with Crippen molar-refractivity contribution in [1.29, 1.82) is 0 Å². The van der Waals surface area contributed by atoms with E-state index in [0.29, 0.717) is 10.0 Å². The van der Waals surface area contributed by atoms with Crippen LogP contribution in [0.1, 0.15) is 20.7 Å². The first-order valence-electron chi connectivity index (χ1n) is 7.53. The van der Waals surface area contributed by atoms with E-state index in [1.54, 1.807) is 24.3 Å². The Morgan fingerprint density at radius 1 is 0.741 bits per heavy atom. The lowest BCUT2D eigenvalue weighted by Gasteiger charge is -2.08. The van der Waals surface area contributed by atoms with Gasteiger partial charge in [0, 0.05) is 16.1 Å². The van der Waals surface area contributed by atoms with Crippen LogP contribution in [0.4, 0.5) is 0 Å². The number of hydrogen-bond acceptors (Lipinski definition) is 5. The predicted octanol–water partition coefficient (Wildman–Crippen LogP) is 5.48. The molecule has 136 valence electrons. The monoisotopic (exact) mass is 421 g/mol. The number of hydrogen-bond donors (Lipinski definition) is 0. The molecule has 2 aromatic carbocycles. The molecule has 0 bridgehead atoms. The largest absolute Gasteiger partial charge is 0.421 e. The van der Waals surface area contributed by atoms with Gasteiger partial charge in [-0.25, -0.2) is 14.6 Å². The topological polar surface area (TPSA) is 65.5 Å². The van der Waals surface area contributed by atoms with Crippen LogP contribution in [0.5, 0.6) is 11.6 Å². The van der Waals surface area contributed by atoms with E-state index in [9.17, 15) is 9.59 Å². The molecule has 3 rings (SSSR count). The lowest BCUT2D eigenvalue weighted by atomic mass is 10.2. The average molecular weight is 423 g/mol. The van der Waals surface area contributed by atoms with Crippen molar-refractivity contribution in [2.75, 3.05) is 0 Å². The van der Waals surface area contributed by atoms with Gasteiger partial charge in [0.15, 0.2) is 5.75 Å². The van der Waals surface area contributed by atoms with E-state index in [-0.39, 0.29) is 27.8 Å². The molecule has 5 nitrogen and oxygen atoms in total. The number of nitrogens with zero attached hydrogens (tertiary/aromatic N) is 1. The van der Waals surface area contributed by atoms with Crippen LogP contribution in [0.25, 0.3) is 0 Å². The van der Waals surface area contributed by atoms with Crippen molar-refractivity contribution in [3.63, 3.8) is 0 Å². The Kier molecular flexibility index (Phi) is 5.96. The van der Waals surface area contributed by atoms with Crippen molar-refractivity contribution >= 4 is 46.7 Å². The molecule has 8 heteroatoms. The van der Waals surface area contributed by atoms with Crippen molar-refractivity contribution < 1.29 is 19.1 Å². The summed E-state index contributed by atoms with van der Waals surface area (Å²) in [5.74, 6) is -1.35. The zero-order valence-electron chi connectivity index (χ0n) is 13.5. The van der Waals surface area contributed by atoms with Crippen molar-refractivity contribution in [2.24, 2.45) is 0 Å². The molecule has 0 aliphatic carbocycles. The lowest BCUT2D eigenvalue weighted by molar-refractivity contribution is 0.0726. The summed E-state index contributed by atoms with van der Waals surface area (Å²) in [6.45, 7) is 0. The van der Waals surface area contributed by atoms with Crippen LogP contribution in [-0.2, 0) is 0 Å². The third-order valence-electron chi connectivity index (χ3n) is 3.35. The Morgan fingerprint density at radius 3 is 1.74 bits per heavy atom. The van der Waals surface area contributed by atoms with Gasteiger partial charge in [-0.3, -0.25) is 0 Å². The molecule has 0 amide bonds. The third kappa shape index (κ3) is 4.98. The molecule has 0 spiro atoms. The highest BCUT2D eigenvalue weighted by Crippen LogP contribution is 2.28. The molecule has 27 heavy (non-hydrogen) atoms. The van der Waals surface area contributed by atoms with Gasteiger partial charge in [-0.2, -0.15) is 0 Å². The van der Waals surface area contributed by atoms with Gasteiger partial charge in [0.25, 0.3) is 0 Å². The summed E-state index contributed by atoms with van der Waals surface area (Å²) >= 11 is 17.6. The van der Waals surface area contributed by atoms with E-state index in [0.717, 1.165) is 0 Å². The van der Waals surface area contributed by atoms with Gasteiger partial charge < -0.3 is 9.47 Å². The van der Waals surface area contributed by atoms with Gasteiger partial charge >= 0.3 is 11.9 Å². The fourth-order valence-corrected chi connectivity index (χ4v) is 2.41. The molecule has 0 atom stereocenters. The maximum absolute atomic E-state index is 12.2. The zero-order chi connectivity index (χ0) is 19.4. The number of pyridine rings is 1. The third-order valence-corrected chi connectivity index (χ3v) is 4.14. The van der Waals surface area contributed by atoms with Gasteiger partial charge in [0.2, 0.25) is 5.88 Å². The van der Waals surface area contributed by atoms with E-state index in [1.807, 2.05) is 0 Å². The molecular formula is C19H10Cl3NO4. The first-order valence-corrected chi connectivity index (χ1v) is 8.67. The Hall–Kier alpha value is -2.60. The molecule has 0 aliphatic rings. The van der Waals surface area contributed by atoms with Crippen molar-refractivity contribution in [3.8, 4) is 11.6 Å². The maximum atomic E-state index is 12.2. The van der Waals surface area contributed by atoms with E-state index in [4.69, 9.17) is 44.3 Å². The second-order valence-electron chi connectivity index (χ2n) is 5.25. The Bertz CT molecular complexity index is 989. The Morgan fingerprint density at radius 2 is 1.22 bits per heavy atom. The quantitative estimate of drug-likeness (QED) is 0.521. The van der Waals surface area contributed by atoms with Gasteiger partial charge in [0.1, 0.15) is 5.02 Å². The molecule has 0 aliphatic heterocycles. The van der Waals surface area contributed by atoms with Crippen LogP contribution in [-0.4, -0.2) is 16.9 Å². The minimum Gasteiger partial charge on any atom is -0.421 e. The van der Waals surface area contributed by atoms with Crippen LogP contribution in [0.2, 0.25) is 15.1 Å². The summed E-state index contributed by atoms with van der Waals surface area (Å²) in [6.07, 6.45) is 1.22. The molecule has 0 unspecified atom stereocenters. The summed E-state index contributed by atoms with van der Waals surface area (Å²) in [4.78, 5) is 28.2. The number of carbonyl (C=O) groups excluding carboxylic acids is 2. The fourth-order valence-electron chi connectivity index (χ4n) is 2.02. The van der Waals surface area contributed by atoms with E-state index in [1.165, 1.54) is 36.5 Å². The van der Waals surface area contributed by atoms with Gasteiger partial charge in [-0.15, -0.1) is 0 Å². The highest BCUT2D eigenvalue weighted by molar-refractivity contribution is 6.32. The normalized spacial score (nSPS) is 10.3. The first-order chi connectivity index (χ1) is 12.9. The van der Waals surface area contributed by atoms with Crippen molar-refractivity contribution in [3.05, 3.63) is 87.0 Å². The highest BCUT2D eigenvalue weighted by atomic mass is 35.5. The maximum Gasteiger partial charge on any atom is 0.344 e. The molecule has 1 heterocycles. The Labute approximate surface area is 169 Å². The number of esters is 2. The second kappa shape index (κ2) is 8.39. The lowest BCUT2D eigenvalue weighted by Crippen LogP contribution is -2.11. The summed E-state index contributed by atoms with van der Waals surface area (Å²) in [6, 6.07) is 13.6. The smallest absolute Gasteiger partial charge is 0.344 e. The number of ether oxygens (including phenoxy) is 2. The van der Waals surface area contributed by atoms with E-state index >= 15 is 0 Å². The summed E-state index contributed by atoms with van der Waals surface area (Å²) in [5.41, 5.74) is 0.572. The molecule has 1 aromatic heterocycles. The molecule has 3 aromatic rings. The minimum absolute atomic E-state index is 0.00511. The molecule has 0 fully saturated rings. The predicted molar refractivity (Wildman–Crippen MR) is 102 cm³/mol. The first kappa shape index (κ1) is 19.2. The number of aromatic nitrogens is 1. The zero-order valence-corrected chi connectivity index (χ0v) is 15.8. The summed E-state index contributed by atoms with van der Waals surface area (Å²) in [7, 11) is 0. The minimum atomic E-state index is -0.644. The second-order valence-corrected chi connectivity index (χ2v) is 6.53. The molecule has 0 saturated heterocycles. The molecule has 0 saturated carbocycles.